The minimum absolute atomic E-state index is 0.129. The van der Waals surface area contributed by atoms with Gasteiger partial charge >= 0.3 is 0 Å². The van der Waals surface area contributed by atoms with Crippen molar-refractivity contribution in [3.05, 3.63) is 82.9 Å². The molecule has 6 nitrogen and oxygen atoms in total. The monoisotopic (exact) mass is 423 g/mol. The second-order valence-corrected chi connectivity index (χ2v) is 6.93. The third-order valence-electron chi connectivity index (χ3n) is 4.13. The van der Waals surface area contributed by atoms with E-state index in [0.717, 1.165) is 22.5 Å². The highest BCUT2D eigenvalue weighted by Gasteiger charge is 2.09. The molecule has 2 N–H and O–H groups in total. The van der Waals surface area contributed by atoms with Gasteiger partial charge in [0.2, 0.25) is 0 Å². The molecule has 0 saturated heterocycles. The molecule has 3 aromatic rings. The molecule has 0 aliphatic carbocycles. The molecule has 0 saturated carbocycles. The highest BCUT2D eigenvalue weighted by molar-refractivity contribution is 6.30. The molecular formula is C23H22ClN3O3. The summed E-state index contributed by atoms with van der Waals surface area (Å²) in [5.74, 6) is 0.728. The number of nitrogens with zero attached hydrogens (tertiary/aromatic N) is 1. The Bertz CT molecular complexity index is 1020. The summed E-state index contributed by atoms with van der Waals surface area (Å²) >= 11 is 5.86. The number of carbonyl (C=O) groups excluding carboxylic acids is 1. The fourth-order valence-electron chi connectivity index (χ4n) is 2.57. The number of anilines is 2. The fraction of sp³-hybridized carbons (Fsp3) is 0.130. The van der Waals surface area contributed by atoms with Gasteiger partial charge in [-0.2, -0.15) is 5.10 Å². The van der Waals surface area contributed by atoms with Crippen LogP contribution in [-0.2, 0) is 4.79 Å². The molecule has 154 valence electrons. The van der Waals surface area contributed by atoms with E-state index in [1.54, 1.807) is 37.6 Å². The number of methoxy groups -OCH3 is 1. The second kappa shape index (κ2) is 10.3. The van der Waals surface area contributed by atoms with Gasteiger partial charge in [0.1, 0.15) is 0 Å². The number of halogens is 1. The Morgan fingerprint density at radius 3 is 2.40 bits per heavy atom. The van der Waals surface area contributed by atoms with Crippen molar-refractivity contribution in [3.63, 3.8) is 0 Å². The lowest BCUT2D eigenvalue weighted by Crippen LogP contribution is -2.20. The van der Waals surface area contributed by atoms with Gasteiger partial charge in [-0.15, -0.1) is 0 Å². The van der Waals surface area contributed by atoms with Crippen LogP contribution in [0.25, 0.3) is 0 Å². The Balaban J connectivity index is 1.56. The zero-order chi connectivity index (χ0) is 21.3. The maximum Gasteiger partial charge on any atom is 0.262 e. The summed E-state index contributed by atoms with van der Waals surface area (Å²) in [6, 6.07) is 20.1. The van der Waals surface area contributed by atoms with Gasteiger partial charge < -0.3 is 14.8 Å². The van der Waals surface area contributed by atoms with E-state index in [9.17, 15) is 4.79 Å². The summed E-state index contributed by atoms with van der Waals surface area (Å²) in [4.78, 5) is 12.1. The molecule has 0 unspecified atom stereocenters. The van der Waals surface area contributed by atoms with Gasteiger partial charge in [0.15, 0.2) is 18.1 Å². The van der Waals surface area contributed by atoms with Crippen LogP contribution in [0.4, 0.5) is 11.4 Å². The number of benzene rings is 3. The molecule has 3 aromatic carbocycles. The van der Waals surface area contributed by atoms with Gasteiger partial charge in [-0.05, 0) is 67.1 Å². The molecule has 30 heavy (non-hydrogen) atoms. The van der Waals surface area contributed by atoms with E-state index in [4.69, 9.17) is 21.1 Å². The first kappa shape index (κ1) is 21.2. The Hall–Kier alpha value is -3.51. The summed E-state index contributed by atoms with van der Waals surface area (Å²) in [6.07, 6.45) is 1.66. The molecule has 3 rings (SSSR count). The number of hydrogen-bond donors (Lipinski definition) is 2. The van der Waals surface area contributed by atoms with Gasteiger partial charge in [0.25, 0.3) is 5.91 Å². The number of aryl methyl sites for hydroxylation is 1. The van der Waals surface area contributed by atoms with E-state index in [-0.39, 0.29) is 12.5 Å². The molecule has 0 aliphatic heterocycles. The Morgan fingerprint density at radius 1 is 1.00 bits per heavy atom. The summed E-state index contributed by atoms with van der Waals surface area (Å²) in [7, 11) is 1.54. The summed E-state index contributed by atoms with van der Waals surface area (Å²) in [6.45, 7) is 1.86. The number of ether oxygens (including phenoxy) is 2. The quantitative estimate of drug-likeness (QED) is 0.389. The Morgan fingerprint density at radius 2 is 1.70 bits per heavy atom. The van der Waals surface area contributed by atoms with Crippen LogP contribution < -0.4 is 20.2 Å². The maximum absolute atomic E-state index is 12.1. The number of carbonyl (C=O) groups is 1. The molecule has 0 aliphatic rings. The maximum atomic E-state index is 12.1. The first-order valence-corrected chi connectivity index (χ1v) is 9.63. The highest BCUT2D eigenvalue weighted by atomic mass is 35.5. The summed E-state index contributed by atoms with van der Waals surface area (Å²) < 4.78 is 11.0. The molecule has 0 fully saturated rings. The van der Waals surface area contributed by atoms with Gasteiger partial charge in [0.05, 0.1) is 19.0 Å². The van der Waals surface area contributed by atoms with Gasteiger partial charge in [-0.3, -0.25) is 10.2 Å². The van der Waals surface area contributed by atoms with Crippen LogP contribution >= 0.6 is 11.6 Å². The zero-order valence-corrected chi connectivity index (χ0v) is 17.4. The van der Waals surface area contributed by atoms with Crippen molar-refractivity contribution in [1.29, 1.82) is 0 Å². The van der Waals surface area contributed by atoms with E-state index < -0.39 is 0 Å². The molecule has 7 heteroatoms. The summed E-state index contributed by atoms with van der Waals surface area (Å²) in [5, 5.41) is 7.65. The number of rotatable bonds is 8. The normalized spacial score (nSPS) is 10.6. The average molecular weight is 424 g/mol. The van der Waals surface area contributed by atoms with Crippen LogP contribution in [0.3, 0.4) is 0 Å². The van der Waals surface area contributed by atoms with Gasteiger partial charge in [-0.1, -0.05) is 29.3 Å². The zero-order valence-electron chi connectivity index (χ0n) is 16.7. The van der Waals surface area contributed by atoms with Gasteiger partial charge in [-0.25, -0.2) is 0 Å². The lowest BCUT2D eigenvalue weighted by atomic mass is 10.2. The van der Waals surface area contributed by atoms with Crippen molar-refractivity contribution in [1.82, 2.24) is 0 Å². The molecule has 0 atom stereocenters. The highest BCUT2D eigenvalue weighted by Crippen LogP contribution is 2.27. The van der Waals surface area contributed by atoms with Crippen LogP contribution in [0.2, 0.25) is 5.02 Å². The molecule has 0 spiro atoms. The van der Waals surface area contributed by atoms with Crippen LogP contribution in [0, 0.1) is 6.92 Å². The molecule has 0 heterocycles. The third-order valence-corrected chi connectivity index (χ3v) is 4.39. The Kier molecular flexibility index (Phi) is 7.29. The standard InChI is InChI=1S/C23H22ClN3O3/c1-16-3-8-19(9-4-16)26-23(28)15-30-21-12-5-17(13-22(21)29-2)14-25-27-20-10-6-18(24)7-11-20/h3-14,27H,15H2,1-2H3,(H,26,28). The summed E-state index contributed by atoms with van der Waals surface area (Å²) in [5.41, 5.74) is 6.41. The van der Waals surface area contributed by atoms with Crippen molar-refractivity contribution in [3.8, 4) is 11.5 Å². The van der Waals surface area contributed by atoms with Crippen molar-refractivity contribution in [2.24, 2.45) is 5.10 Å². The van der Waals surface area contributed by atoms with Gasteiger partial charge in [0, 0.05) is 10.7 Å². The van der Waals surface area contributed by atoms with Crippen LogP contribution in [-0.4, -0.2) is 25.8 Å². The number of amides is 1. The van der Waals surface area contributed by atoms with E-state index in [0.29, 0.717) is 16.5 Å². The Labute approximate surface area is 180 Å². The lowest BCUT2D eigenvalue weighted by Gasteiger charge is -2.11. The average Bonchev–Trinajstić information content (AvgIpc) is 2.75. The van der Waals surface area contributed by atoms with Crippen molar-refractivity contribution < 1.29 is 14.3 Å². The fourth-order valence-corrected chi connectivity index (χ4v) is 2.69. The molecule has 0 bridgehead atoms. The molecule has 0 radical (unpaired) electrons. The van der Waals surface area contributed by atoms with E-state index in [1.807, 2.05) is 49.4 Å². The number of hydrazone groups is 1. The third kappa shape index (κ3) is 6.25. The minimum atomic E-state index is -0.251. The molecule has 0 aromatic heterocycles. The topological polar surface area (TPSA) is 71.9 Å². The molecular weight excluding hydrogens is 402 g/mol. The van der Waals surface area contributed by atoms with Crippen LogP contribution in [0.15, 0.2) is 71.8 Å². The number of nitrogens with one attached hydrogen (secondary N) is 2. The predicted molar refractivity (Wildman–Crippen MR) is 121 cm³/mol. The smallest absolute Gasteiger partial charge is 0.262 e. The van der Waals surface area contributed by atoms with Crippen molar-refractivity contribution in [2.75, 3.05) is 24.5 Å². The first-order valence-electron chi connectivity index (χ1n) is 9.25. The molecule has 1 amide bonds. The van der Waals surface area contributed by atoms with E-state index >= 15 is 0 Å². The number of hydrogen-bond acceptors (Lipinski definition) is 5. The van der Waals surface area contributed by atoms with Crippen molar-refractivity contribution >= 4 is 35.1 Å². The SMILES string of the molecule is COc1cc(C=NNc2ccc(Cl)cc2)ccc1OCC(=O)Nc1ccc(C)cc1. The van der Waals surface area contributed by atoms with Crippen LogP contribution in [0.1, 0.15) is 11.1 Å². The lowest BCUT2D eigenvalue weighted by molar-refractivity contribution is -0.118. The minimum Gasteiger partial charge on any atom is -0.493 e. The van der Waals surface area contributed by atoms with Crippen molar-refractivity contribution in [2.45, 2.75) is 6.92 Å². The van der Waals surface area contributed by atoms with E-state index in [1.165, 1.54) is 0 Å². The van der Waals surface area contributed by atoms with E-state index in [2.05, 4.69) is 15.8 Å². The van der Waals surface area contributed by atoms with Crippen LogP contribution in [0.5, 0.6) is 11.5 Å². The first-order chi connectivity index (χ1) is 14.5. The predicted octanol–water partition coefficient (Wildman–Crippen LogP) is 5.12. The largest absolute Gasteiger partial charge is 0.493 e. The second-order valence-electron chi connectivity index (χ2n) is 6.49.